The molecular weight excluding hydrogens is 156 g/mol. The number of aromatic amines is 1. The lowest BCUT2D eigenvalue weighted by Crippen LogP contribution is -2.35. The molecule has 0 spiro atoms. The van der Waals surface area contributed by atoms with E-state index in [2.05, 4.69) is 4.98 Å². The van der Waals surface area contributed by atoms with Gasteiger partial charge in [0, 0.05) is 17.0 Å². The zero-order valence-electron chi connectivity index (χ0n) is 6.19. The van der Waals surface area contributed by atoms with Gasteiger partial charge in [0.1, 0.15) is 0 Å². The fraction of sp³-hybridized carbons (Fsp3) is 0. The first-order chi connectivity index (χ1) is 5.79. The smallest absolute Gasteiger partial charge is 0.323 e. The SMILES string of the molecule is O=c1[nH]ccc2ccc[n+](O)c12. The monoisotopic (exact) mass is 163 g/mol. The van der Waals surface area contributed by atoms with Crippen molar-refractivity contribution in [2.24, 2.45) is 0 Å². The van der Waals surface area contributed by atoms with Crippen LogP contribution in [0.3, 0.4) is 0 Å². The molecule has 0 saturated carbocycles. The van der Waals surface area contributed by atoms with E-state index in [1.54, 1.807) is 24.4 Å². The summed E-state index contributed by atoms with van der Waals surface area (Å²) in [7, 11) is 0. The third-order valence-corrected chi connectivity index (χ3v) is 1.70. The minimum absolute atomic E-state index is 0.264. The number of hydrogen-bond donors (Lipinski definition) is 2. The molecule has 2 rings (SSSR count). The summed E-state index contributed by atoms with van der Waals surface area (Å²) in [5.74, 6) is 0. The predicted molar refractivity (Wildman–Crippen MR) is 41.9 cm³/mol. The quantitative estimate of drug-likeness (QED) is 0.426. The van der Waals surface area contributed by atoms with E-state index < -0.39 is 0 Å². The van der Waals surface area contributed by atoms with E-state index in [1.807, 2.05) is 0 Å². The second-order valence-electron chi connectivity index (χ2n) is 2.46. The van der Waals surface area contributed by atoms with Crippen LogP contribution in [0.2, 0.25) is 0 Å². The van der Waals surface area contributed by atoms with Crippen LogP contribution in [0.5, 0.6) is 0 Å². The van der Waals surface area contributed by atoms with Crippen LogP contribution in [0, 0.1) is 0 Å². The van der Waals surface area contributed by atoms with Crippen molar-refractivity contribution in [1.29, 1.82) is 0 Å². The molecule has 4 nitrogen and oxygen atoms in total. The zero-order chi connectivity index (χ0) is 8.55. The van der Waals surface area contributed by atoms with Crippen molar-refractivity contribution in [3.05, 3.63) is 40.9 Å². The lowest BCUT2D eigenvalue weighted by Gasteiger charge is -1.89. The second kappa shape index (κ2) is 2.34. The zero-order valence-corrected chi connectivity index (χ0v) is 6.19. The van der Waals surface area contributed by atoms with Gasteiger partial charge in [-0.25, -0.2) is 0 Å². The third-order valence-electron chi connectivity index (χ3n) is 1.70. The summed E-state index contributed by atoms with van der Waals surface area (Å²) in [5.41, 5.74) is -0.0319. The normalized spacial score (nSPS) is 10.3. The van der Waals surface area contributed by atoms with Crippen molar-refractivity contribution < 1.29 is 9.94 Å². The number of fused-ring (bicyclic) bond motifs is 1. The molecule has 0 radical (unpaired) electrons. The highest BCUT2D eigenvalue weighted by Gasteiger charge is 2.09. The van der Waals surface area contributed by atoms with Gasteiger partial charge < -0.3 is 4.98 Å². The van der Waals surface area contributed by atoms with Gasteiger partial charge in [0.2, 0.25) is 6.20 Å². The number of nitrogens with zero attached hydrogens (tertiary/aromatic N) is 1. The highest BCUT2D eigenvalue weighted by atomic mass is 16.5. The first-order valence-corrected chi connectivity index (χ1v) is 3.50. The summed E-state index contributed by atoms with van der Waals surface area (Å²) in [4.78, 5) is 13.6. The summed E-state index contributed by atoms with van der Waals surface area (Å²) in [5, 5.41) is 9.96. The molecule has 0 aliphatic heterocycles. The number of pyridine rings is 2. The Morgan fingerprint density at radius 3 is 3.00 bits per heavy atom. The van der Waals surface area contributed by atoms with E-state index in [1.165, 1.54) is 6.20 Å². The average molecular weight is 163 g/mol. The predicted octanol–water partition coefficient (Wildman–Crippen LogP) is 0.0529. The van der Waals surface area contributed by atoms with Gasteiger partial charge in [-0.05, 0) is 12.1 Å². The van der Waals surface area contributed by atoms with Gasteiger partial charge in [0.25, 0.3) is 0 Å². The highest BCUT2D eigenvalue weighted by Crippen LogP contribution is 2.00. The summed E-state index contributed by atoms with van der Waals surface area (Å²) < 4.78 is 0.814. The van der Waals surface area contributed by atoms with Gasteiger partial charge in [0.15, 0.2) is 0 Å². The summed E-state index contributed by atoms with van der Waals surface area (Å²) in [6, 6.07) is 5.16. The molecule has 2 N–H and O–H groups in total. The van der Waals surface area contributed by atoms with Crippen LogP contribution >= 0.6 is 0 Å². The Bertz CT molecular complexity index is 470. The van der Waals surface area contributed by atoms with Crippen LogP contribution in [-0.2, 0) is 0 Å². The minimum atomic E-state index is -0.296. The van der Waals surface area contributed by atoms with Crippen molar-refractivity contribution in [2.75, 3.05) is 0 Å². The minimum Gasteiger partial charge on any atom is -0.323 e. The van der Waals surface area contributed by atoms with Gasteiger partial charge in [-0.15, -0.1) is 0 Å². The number of rotatable bonds is 0. The van der Waals surface area contributed by atoms with Crippen molar-refractivity contribution in [1.82, 2.24) is 4.98 Å². The lowest BCUT2D eigenvalue weighted by atomic mass is 10.3. The molecule has 0 unspecified atom stereocenters. The number of hydrogen-bond acceptors (Lipinski definition) is 2. The molecule has 12 heavy (non-hydrogen) atoms. The Kier molecular flexibility index (Phi) is 1.33. The first kappa shape index (κ1) is 6.84. The maximum absolute atomic E-state index is 11.2. The van der Waals surface area contributed by atoms with Gasteiger partial charge in [-0.1, -0.05) is 0 Å². The summed E-state index contributed by atoms with van der Waals surface area (Å²) in [6.45, 7) is 0. The molecular formula is C8H7N2O2+. The maximum Gasteiger partial charge on any atom is 0.328 e. The average Bonchev–Trinajstić information content (AvgIpc) is 2.04. The Morgan fingerprint density at radius 1 is 1.42 bits per heavy atom. The Morgan fingerprint density at radius 2 is 2.25 bits per heavy atom. The van der Waals surface area contributed by atoms with Crippen molar-refractivity contribution in [3.63, 3.8) is 0 Å². The molecule has 0 aliphatic rings. The fourth-order valence-corrected chi connectivity index (χ4v) is 1.16. The van der Waals surface area contributed by atoms with Crippen LogP contribution in [0.25, 0.3) is 10.9 Å². The number of H-pyrrole nitrogens is 1. The molecule has 0 saturated heterocycles. The van der Waals surface area contributed by atoms with Crippen molar-refractivity contribution >= 4 is 10.9 Å². The number of aromatic nitrogens is 2. The van der Waals surface area contributed by atoms with Crippen LogP contribution in [0.1, 0.15) is 0 Å². The van der Waals surface area contributed by atoms with E-state index >= 15 is 0 Å². The molecule has 4 heteroatoms. The molecule has 2 aromatic rings. The fourth-order valence-electron chi connectivity index (χ4n) is 1.16. The molecule has 0 atom stereocenters. The molecule has 0 bridgehead atoms. The van der Waals surface area contributed by atoms with E-state index in [0.717, 1.165) is 4.73 Å². The van der Waals surface area contributed by atoms with Crippen molar-refractivity contribution in [2.45, 2.75) is 0 Å². The summed E-state index contributed by atoms with van der Waals surface area (Å²) >= 11 is 0. The molecule has 0 aromatic carbocycles. The Balaban J connectivity index is 3.07. The van der Waals surface area contributed by atoms with Crippen LogP contribution in [0.15, 0.2) is 35.4 Å². The van der Waals surface area contributed by atoms with E-state index in [9.17, 15) is 10.0 Å². The third kappa shape index (κ3) is 0.852. The second-order valence-corrected chi connectivity index (χ2v) is 2.46. The van der Waals surface area contributed by atoms with E-state index in [-0.39, 0.29) is 11.1 Å². The highest BCUT2D eigenvalue weighted by molar-refractivity contribution is 5.73. The Labute approximate surface area is 67.7 Å². The van der Waals surface area contributed by atoms with Gasteiger partial charge in [-0.2, -0.15) is 0 Å². The molecule has 0 amide bonds. The maximum atomic E-state index is 11.2. The standard InChI is InChI=1S/C8H6N2O2/c11-8-7-6(3-4-9-8)2-1-5-10(7)12/h1-5H,(H-,9,11,12)/p+1. The van der Waals surface area contributed by atoms with Crippen LogP contribution in [0.4, 0.5) is 0 Å². The van der Waals surface area contributed by atoms with Gasteiger partial charge in [0.05, 0.1) is 5.39 Å². The summed E-state index contributed by atoms with van der Waals surface area (Å²) in [6.07, 6.45) is 2.96. The molecule has 2 aromatic heterocycles. The number of nitrogens with one attached hydrogen (secondary N) is 1. The van der Waals surface area contributed by atoms with E-state index in [0.29, 0.717) is 5.39 Å². The lowest BCUT2D eigenvalue weighted by molar-refractivity contribution is -0.885. The largest absolute Gasteiger partial charge is 0.328 e. The van der Waals surface area contributed by atoms with Gasteiger partial charge in [-0.3, -0.25) is 10.0 Å². The topological polar surface area (TPSA) is 57.0 Å². The van der Waals surface area contributed by atoms with Crippen LogP contribution < -0.4 is 10.3 Å². The molecule has 2 heterocycles. The Hall–Kier alpha value is -1.84. The molecule has 60 valence electrons. The van der Waals surface area contributed by atoms with Crippen molar-refractivity contribution in [3.8, 4) is 0 Å². The van der Waals surface area contributed by atoms with Gasteiger partial charge >= 0.3 is 11.1 Å². The first-order valence-electron chi connectivity index (χ1n) is 3.50. The molecule has 0 fully saturated rings. The van der Waals surface area contributed by atoms with Crippen LogP contribution in [-0.4, -0.2) is 10.2 Å². The van der Waals surface area contributed by atoms with E-state index in [4.69, 9.17) is 0 Å². The molecule has 0 aliphatic carbocycles.